The molecule has 0 saturated carbocycles. The second-order valence-electron chi connectivity index (χ2n) is 6.72. The van der Waals surface area contributed by atoms with E-state index in [-0.39, 0.29) is 17.7 Å². The highest BCUT2D eigenvalue weighted by Crippen LogP contribution is 2.20. The predicted molar refractivity (Wildman–Crippen MR) is 105 cm³/mol. The van der Waals surface area contributed by atoms with Crippen molar-refractivity contribution in [2.75, 3.05) is 26.2 Å². The monoisotopic (exact) mass is 403 g/mol. The minimum absolute atomic E-state index is 0.0763. The Kier molecular flexibility index (Phi) is 6.08. The summed E-state index contributed by atoms with van der Waals surface area (Å²) >= 11 is 1.36. The zero-order valence-corrected chi connectivity index (χ0v) is 16.6. The Morgan fingerprint density at radius 3 is 2.29 bits per heavy atom. The van der Waals surface area contributed by atoms with Gasteiger partial charge in [-0.15, -0.1) is 11.3 Å². The number of amides is 3. The number of carbonyl (C=O) groups is 3. The van der Waals surface area contributed by atoms with E-state index in [9.17, 15) is 18.8 Å². The molecule has 2 heterocycles. The number of carbonyl (C=O) groups excluding carboxylic acids is 3. The molecule has 0 atom stereocenters. The number of piperazine rings is 1. The molecule has 3 amide bonds. The number of thiophene rings is 1. The molecular formula is C20H22FN3O3S. The van der Waals surface area contributed by atoms with E-state index in [0.29, 0.717) is 48.7 Å². The molecule has 1 aromatic carbocycles. The highest BCUT2D eigenvalue weighted by atomic mass is 32.1. The van der Waals surface area contributed by atoms with Gasteiger partial charge in [-0.25, -0.2) is 4.39 Å². The lowest BCUT2D eigenvalue weighted by Gasteiger charge is -2.34. The Labute approximate surface area is 166 Å². The molecule has 28 heavy (non-hydrogen) atoms. The van der Waals surface area contributed by atoms with Gasteiger partial charge < -0.3 is 15.1 Å². The predicted octanol–water partition coefficient (Wildman–Crippen LogP) is 2.43. The molecule has 0 spiro atoms. The van der Waals surface area contributed by atoms with Gasteiger partial charge in [0.25, 0.3) is 11.8 Å². The maximum Gasteiger partial charge on any atom is 0.264 e. The lowest BCUT2D eigenvalue weighted by atomic mass is 10.1. The molecule has 0 radical (unpaired) electrons. The van der Waals surface area contributed by atoms with Crippen molar-refractivity contribution >= 4 is 29.1 Å². The fourth-order valence-corrected chi connectivity index (χ4v) is 3.89. The summed E-state index contributed by atoms with van der Waals surface area (Å²) in [5.74, 6) is -0.810. The van der Waals surface area contributed by atoms with E-state index in [0.717, 1.165) is 4.88 Å². The molecule has 1 fully saturated rings. The summed E-state index contributed by atoms with van der Waals surface area (Å²) in [7, 11) is 0. The van der Waals surface area contributed by atoms with Crippen molar-refractivity contribution in [2.24, 2.45) is 0 Å². The summed E-state index contributed by atoms with van der Waals surface area (Å²) in [6, 6.07) is 8.08. The fraction of sp³-hybridized carbons (Fsp3) is 0.350. The minimum Gasteiger partial charge on any atom is -0.351 e. The molecule has 6 nitrogen and oxygen atoms in total. The number of nitrogens with one attached hydrogen (secondary N) is 1. The van der Waals surface area contributed by atoms with Crippen LogP contribution in [0.3, 0.4) is 0 Å². The molecule has 1 aliphatic rings. The van der Waals surface area contributed by atoms with Crippen LogP contribution >= 0.6 is 11.3 Å². The smallest absolute Gasteiger partial charge is 0.264 e. The van der Waals surface area contributed by atoms with E-state index in [2.05, 4.69) is 5.32 Å². The second kappa shape index (κ2) is 8.52. The largest absolute Gasteiger partial charge is 0.351 e. The van der Waals surface area contributed by atoms with Gasteiger partial charge in [-0.2, -0.15) is 0 Å². The highest BCUT2D eigenvalue weighted by molar-refractivity contribution is 7.14. The van der Waals surface area contributed by atoms with Crippen molar-refractivity contribution in [3.8, 4) is 0 Å². The normalized spacial score (nSPS) is 14.1. The maximum atomic E-state index is 13.7. The lowest BCUT2D eigenvalue weighted by molar-refractivity contribution is -0.119. The quantitative estimate of drug-likeness (QED) is 0.853. The number of hydrogen-bond acceptors (Lipinski definition) is 4. The zero-order chi connectivity index (χ0) is 20.3. The SMILES string of the molecule is CC(=O)NCc1ccc(C(=O)N2CCN(C(=O)c3ccc(C)c(F)c3)CC2)s1. The third kappa shape index (κ3) is 4.56. The van der Waals surface area contributed by atoms with Gasteiger partial charge in [0.1, 0.15) is 5.82 Å². The highest BCUT2D eigenvalue weighted by Gasteiger charge is 2.26. The van der Waals surface area contributed by atoms with Crippen LogP contribution in [0.5, 0.6) is 0 Å². The van der Waals surface area contributed by atoms with E-state index >= 15 is 0 Å². The van der Waals surface area contributed by atoms with Gasteiger partial charge in [0.15, 0.2) is 0 Å². The molecule has 3 rings (SSSR count). The van der Waals surface area contributed by atoms with E-state index < -0.39 is 5.82 Å². The minimum atomic E-state index is -0.396. The number of hydrogen-bond donors (Lipinski definition) is 1. The summed E-state index contributed by atoms with van der Waals surface area (Å²) in [5, 5.41) is 2.71. The summed E-state index contributed by atoms with van der Waals surface area (Å²) < 4.78 is 13.7. The van der Waals surface area contributed by atoms with Crippen LogP contribution < -0.4 is 5.32 Å². The van der Waals surface area contributed by atoms with Gasteiger partial charge in [-0.05, 0) is 36.8 Å². The van der Waals surface area contributed by atoms with Crippen LogP contribution in [0.15, 0.2) is 30.3 Å². The third-order valence-corrected chi connectivity index (χ3v) is 5.73. The summed E-state index contributed by atoms with van der Waals surface area (Å²) in [5.41, 5.74) is 0.824. The molecule has 0 unspecified atom stereocenters. The Hall–Kier alpha value is -2.74. The van der Waals surface area contributed by atoms with E-state index in [1.807, 2.05) is 6.07 Å². The van der Waals surface area contributed by atoms with Gasteiger partial charge in [0.05, 0.1) is 11.4 Å². The zero-order valence-electron chi connectivity index (χ0n) is 15.8. The van der Waals surface area contributed by atoms with Crippen molar-refractivity contribution in [3.63, 3.8) is 0 Å². The summed E-state index contributed by atoms with van der Waals surface area (Å²) in [4.78, 5) is 41.1. The lowest BCUT2D eigenvalue weighted by Crippen LogP contribution is -2.50. The van der Waals surface area contributed by atoms with Crippen LogP contribution in [-0.4, -0.2) is 53.7 Å². The fourth-order valence-electron chi connectivity index (χ4n) is 2.98. The van der Waals surface area contributed by atoms with Crippen LogP contribution in [0.1, 0.15) is 37.4 Å². The summed E-state index contributed by atoms with van der Waals surface area (Å²) in [6.45, 7) is 5.18. The van der Waals surface area contributed by atoms with E-state index in [1.54, 1.807) is 34.9 Å². The van der Waals surface area contributed by atoms with Crippen LogP contribution in [0, 0.1) is 12.7 Å². The number of benzene rings is 1. The topological polar surface area (TPSA) is 69.7 Å². The van der Waals surface area contributed by atoms with Crippen molar-refractivity contribution in [1.82, 2.24) is 15.1 Å². The molecule has 0 aliphatic carbocycles. The maximum absolute atomic E-state index is 13.7. The molecule has 2 aromatic rings. The Balaban J connectivity index is 1.57. The standard InChI is InChI=1S/C20H22FN3O3S/c1-13-3-4-15(11-17(13)21)19(26)23-7-9-24(10-8-23)20(27)18-6-5-16(28-18)12-22-14(2)25/h3-6,11H,7-10,12H2,1-2H3,(H,22,25). The number of rotatable bonds is 4. The molecule has 1 saturated heterocycles. The van der Waals surface area contributed by atoms with Crippen molar-refractivity contribution < 1.29 is 18.8 Å². The number of nitrogens with zero attached hydrogens (tertiary/aromatic N) is 2. The van der Waals surface area contributed by atoms with E-state index in [4.69, 9.17) is 0 Å². The second-order valence-corrected chi connectivity index (χ2v) is 7.89. The first-order valence-corrected chi connectivity index (χ1v) is 9.84. The Morgan fingerprint density at radius 2 is 1.68 bits per heavy atom. The molecule has 0 bridgehead atoms. The average Bonchev–Trinajstić information content (AvgIpc) is 3.16. The van der Waals surface area contributed by atoms with Crippen LogP contribution in [-0.2, 0) is 11.3 Å². The first kappa shape index (κ1) is 20.0. The molecule has 1 aliphatic heterocycles. The molecule has 148 valence electrons. The van der Waals surface area contributed by atoms with Crippen LogP contribution in [0.4, 0.5) is 4.39 Å². The first-order valence-electron chi connectivity index (χ1n) is 9.03. The third-order valence-electron chi connectivity index (χ3n) is 4.66. The van der Waals surface area contributed by atoms with Crippen LogP contribution in [0.25, 0.3) is 0 Å². The number of aryl methyl sites for hydroxylation is 1. The molecule has 1 N–H and O–H groups in total. The average molecular weight is 403 g/mol. The number of halogens is 1. The molecular weight excluding hydrogens is 381 g/mol. The molecule has 1 aromatic heterocycles. The van der Waals surface area contributed by atoms with Crippen LogP contribution in [0.2, 0.25) is 0 Å². The van der Waals surface area contributed by atoms with Gasteiger partial charge in [-0.1, -0.05) is 6.07 Å². The van der Waals surface area contributed by atoms with Crippen molar-refractivity contribution in [2.45, 2.75) is 20.4 Å². The van der Waals surface area contributed by atoms with Gasteiger partial charge in [0.2, 0.25) is 5.91 Å². The Morgan fingerprint density at radius 1 is 1.04 bits per heavy atom. The van der Waals surface area contributed by atoms with E-state index in [1.165, 1.54) is 24.3 Å². The summed E-state index contributed by atoms with van der Waals surface area (Å²) in [6.07, 6.45) is 0. The Bertz CT molecular complexity index is 904. The van der Waals surface area contributed by atoms with Crippen molar-refractivity contribution in [1.29, 1.82) is 0 Å². The van der Waals surface area contributed by atoms with Gasteiger partial charge in [0, 0.05) is 43.5 Å². The first-order chi connectivity index (χ1) is 13.3. The van der Waals surface area contributed by atoms with Crippen molar-refractivity contribution in [3.05, 3.63) is 57.0 Å². The van der Waals surface area contributed by atoms with Gasteiger partial charge >= 0.3 is 0 Å². The van der Waals surface area contributed by atoms with Gasteiger partial charge in [-0.3, -0.25) is 14.4 Å². The molecule has 8 heteroatoms.